The van der Waals surface area contributed by atoms with Crippen molar-refractivity contribution in [3.05, 3.63) is 63.2 Å². The topological polar surface area (TPSA) is 106 Å². The molecule has 0 fully saturated rings. The molecule has 2 rings (SSSR count). The lowest BCUT2D eigenvalue weighted by Gasteiger charge is -2.27. The van der Waals surface area contributed by atoms with Crippen LogP contribution in [0.4, 0.5) is 11.4 Å². The monoisotopic (exact) mass is 524 g/mol. The Hall–Kier alpha value is -2.04. The molecule has 0 heterocycles. The van der Waals surface area contributed by atoms with Gasteiger partial charge in [-0.05, 0) is 55.5 Å². The van der Waals surface area contributed by atoms with Crippen molar-refractivity contribution in [1.82, 2.24) is 10.6 Å². The van der Waals surface area contributed by atoms with Crippen LogP contribution in [0, 0.1) is 10.1 Å². The maximum atomic E-state index is 12.5. The Bertz CT molecular complexity index is 970. The highest BCUT2D eigenvalue weighted by atomic mass is 35.6. The molecule has 1 atom stereocenters. The van der Waals surface area contributed by atoms with Gasteiger partial charge in [0.25, 0.3) is 11.6 Å². The Morgan fingerprint density at radius 3 is 2.39 bits per heavy atom. The molecule has 8 nitrogen and oxygen atoms in total. The van der Waals surface area contributed by atoms with E-state index in [0.717, 1.165) is 0 Å². The highest BCUT2D eigenvalue weighted by Crippen LogP contribution is 2.31. The minimum Gasteiger partial charge on any atom is -0.494 e. The Balaban J connectivity index is 2.15. The van der Waals surface area contributed by atoms with Gasteiger partial charge in [-0.25, -0.2) is 0 Å². The Kier molecular flexibility index (Phi) is 8.96. The number of anilines is 1. The number of hydrogen-bond donors (Lipinski definition) is 3. The Morgan fingerprint density at radius 1 is 1.19 bits per heavy atom. The molecule has 0 aliphatic carbocycles. The van der Waals surface area contributed by atoms with Gasteiger partial charge < -0.3 is 20.7 Å². The average Bonchev–Trinajstić information content (AvgIpc) is 2.68. The summed E-state index contributed by atoms with van der Waals surface area (Å²) in [6.07, 6.45) is -1.26. The third-order valence-corrected chi connectivity index (χ3v) is 4.84. The summed E-state index contributed by atoms with van der Waals surface area (Å²) in [4.78, 5) is 23.2. The SMILES string of the molecule is CCOc1ccc(NC(=S)NC(NC(=O)c2ccc(Cl)cc2)C(Cl)(Cl)Cl)c([N+](=O)[O-])c1. The zero-order valence-corrected chi connectivity index (χ0v) is 19.7. The molecule has 31 heavy (non-hydrogen) atoms. The van der Waals surface area contributed by atoms with Gasteiger partial charge in [-0.1, -0.05) is 46.4 Å². The summed E-state index contributed by atoms with van der Waals surface area (Å²) in [6, 6.07) is 10.3. The maximum Gasteiger partial charge on any atom is 0.296 e. The molecule has 1 amide bonds. The smallest absolute Gasteiger partial charge is 0.296 e. The summed E-state index contributed by atoms with van der Waals surface area (Å²) >= 11 is 28.9. The number of thiocarbonyl (C=S) groups is 1. The van der Waals surface area contributed by atoms with E-state index in [1.54, 1.807) is 6.92 Å². The molecular weight excluding hydrogens is 510 g/mol. The number of alkyl halides is 3. The molecule has 166 valence electrons. The van der Waals surface area contributed by atoms with E-state index in [2.05, 4.69) is 16.0 Å². The van der Waals surface area contributed by atoms with Gasteiger partial charge in [-0.3, -0.25) is 14.9 Å². The van der Waals surface area contributed by atoms with Gasteiger partial charge >= 0.3 is 0 Å². The number of halogens is 4. The molecule has 1 unspecified atom stereocenters. The fourth-order valence-corrected chi connectivity index (χ4v) is 3.01. The van der Waals surface area contributed by atoms with Gasteiger partial charge in [0.2, 0.25) is 3.79 Å². The highest BCUT2D eigenvalue weighted by Gasteiger charge is 2.35. The summed E-state index contributed by atoms with van der Waals surface area (Å²) in [5.74, 6) is -0.233. The number of rotatable bonds is 7. The first-order valence-electron chi connectivity index (χ1n) is 8.63. The normalized spacial score (nSPS) is 11.9. The number of nitrogens with zero attached hydrogens (tertiary/aromatic N) is 1. The van der Waals surface area contributed by atoms with Crippen LogP contribution in [-0.2, 0) is 0 Å². The van der Waals surface area contributed by atoms with Crippen molar-refractivity contribution in [2.24, 2.45) is 0 Å². The second-order valence-corrected chi connectivity index (χ2v) is 9.14. The standard InChI is InChI=1S/C18H16Cl4N4O4S/c1-2-30-12-7-8-13(14(9-12)26(28)29)23-17(31)25-16(18(20,21)22)24-15(27)10-3-5-11(19)6-4-10/h3-9,16H,2H2,1H3,(H,24,27)(H2,23,25,31). The molecule has 0 aliphatic heterocycles. The van der Waals surface area contributed by atoms with Gasteiger partial charge in [0.05, 0.1) is 17.6 Å². The number of nitro benzene ring substituents is 1. The predicted molar refractivity (Wildman–Crippen MR) is 127 cm³/mol. The summed E-state index contributed by atoms with van der Waals surface area (Å²) in [5.41, 5.74) is 0.0789. The molecule has 0 aromatic heterocycles. The number of carbonyl (C=O) groups excluding carboxylic acids is 1. The first-order chi connectivity index (χ1) is 14.5. The van der Waals surface area contributed by atoms with Crippen molar-refractivity contribution >= 4 is 81.0 Å². The van der Waals surface area contributed by atoms with Crippen LogP contribution in [0.3, 0.4) is 0 Å². The van der Waals surface area contributed by atoms with Crippen molar-refractivity contribution in [1.29, 1.82) is 0 Å². The van der Waals surface area contributed by atoms with Crippen LogP contribution < -0.4 is 20.7 Å². The van der Waals surface area contributed by atoms with E-state index in [-0.39, 0.29) is 22.1 Å². The van der Waals surface area contributed by atoms with Crippen LogP contribution in [-0.4, -0.2) is 32.5 Å². The zero-order valence-electron chi connectivity index (χ0n) is 15.8. The maximum absolute atomic E-state index is 12.5. The molecule has 2 aromatic carbocycles. The number of ether oxygens (including phenoxy) is 1. The Morgan fingerprint density at radius 2 is 1.84 bits per heavy atom. The number of carbonyl (C=O) groups is 1. The molecule has 0 saturated carbocycles. The van der Waals surface area contributed by atoms with E-state index < -0.39 is 20.8 Å². The lowest BCUT2D eigenvalue weighted by Crippen LogP contribution is -2.56. The van der Waals surface area contributed by atoms with E-state index in [4.69, 9.17) is 63.4 Å². The average molecular weight is 526 g/mol. The van der Waals surface area contributed by atoms with E-state index in [1.807, 2.05) is 0 Å². The molecule has 3 N–H and O–H groups in total. The third kappa shape index (κ3) is 7.55. The van der Waals surface area contributed by atoms with Gasteiger partial charge in [0, 0.05) is 10.6 Å². The van der Waals surface area contributed by atoms with Gasteiger partial charge in [0.1, 0.15) is 17.6 Å². The van der Waals surface area contributed by atoms with Crippen molar-refractivity contribution in [2.75, 3.05) is 11.9 Å². The largest absolute Gasteiger partial charge is 0.494 e. The number of nitrogens with one attached hydrogen (secondary N) is 3. The lowest BCUT2D eigenvalue weighted by atomic mass is 10.2. The highest BCUT2D eigenvalue weighted by molar-refractivity contribution is 7.80. The number of nitro groups is 1. The van der Waals surface area contributed by atoms with Crippen molar-refractivity contribution in [3.8, 4) is 5.75 Å². The molecule has 0 saturated heterocycles. The van der Waals surface area contributed by atoms with Crippen LogP contribution in [0.1, 0.15) is 17.3 Å². The lowest BCUT2D eigenvalue weighted by molar-refractivity contribution is -0.384. The molecule has 0 bridgehead atoms. The van der Waals surface area contributed by atoms with E-state index in [0.29, 0.717) is 17.4 Å². The van der Waals surface area contributed by atoms with E-state index in [9.17, 15) is 14.9 Å². The van der Waals surface area contributed by atoms with Gasteiger partial charge in [-0.2, -0.15) is 0 Å². The minimum absolute atomic E-state index is 0.0815. The summed E-state index contributed by atoms with van der Waals surface area (Å²) in [6.45, 7) is 2.11. The van der Waals surface area contributed by atoms with Crippen molar-refractivity contribution in [2.45, 2.75) is 16.9 Å². The molecule has 0 aliphatic rings. The van der Waals surface area contributed by atoms with Gasteiger partial charge in [0.15, 0.2) is 5.11 Å². The van der Waals surface area contributed by atoms with Crippen LogP contribution in [0.5, 0.6) is 5.75 Å². The molecule has 0 spiro atoms. The third-order valence-electron chi connectivity index (χ3n) is 3.71. The molecular formula is C18H16Cl4N4O4S. The van der Waals surface area contributed by atoms with Crippen LogP contribution in [0.15, 0.2) is 42.5 Å². The van der Waals surface area contributed by atoms with Crippen LogP contribution in [0.25, 0.3) is 0 Å². The summed E-state index contributed by atoms with van der Waals surface area (Å²) in [7, 11) is 0. The van der Waals surface area contributed by atoms with Crippen molar-refractivity contribution in [3.63, 3.8) is 0 Å². The summed E-state index contributed by atoms with van der Waals surface area (Å²) in [5, 5.41) is 19.5. The first-order valence-corrected chi connectivity index (χ1v) is 10.5. The van der Waals surface area contributed by atoms with Crippen LogP contribution >= 0.6 is 58.6 Å². The van der Waals surface area contributed by atoms with Gasteiger partial charge in [-0.15, -0.1) is 0 Å². The molecule has 0 radical (unpaired) electrons. The number of amides is 1. The first kappa shape index (κ1) is 25.2. The zero-order chi connectivity index (χ0) is 23.2. The second kappa shape index (κ2) is 11.0. The molecule has 2 aromatic rings. The summed E-state index contributed by atoms with van der Waals surface area (Å²) < 4.78 is 3.27. The predicted octanol–water partition coefficient (Wildman–Crippen LogP) is 5.06. The minimum atomic E-state index is -2.00. The fourth-order valence-electron chi connectivity index (χ4n) is 2.33. The van der Waals surface area contributed by atoms with Crippen molar-refractivity contribution < 1.29 is 14.5 Å². The van der Waals surface area contributed by atoms with E-state index in [1.165, 1.54) is 42.5 Å². The second-order valence-electron chi connectivity index (χ2n) is 5.92. The van der Waals surface area contributed by atoms with E-state index >= 15 is 0 Å². The molecule has 13 heteroatoms. The Labute approximate surface area is 203 Å². The number of hydrogen-bond acceptors (Lipinski definition) is 5. The number of benzene rings is 2. The fraction of sp³-hybridized carbons (Fsp3) is 0.222. The quantitative estimate of drug-likeness (QED) is 0.152. The van der Waals surface area contributed by atoms with Crippen LogP contribution in [0.2, 0.25) is 5.02 Å².